The quantitative estimate of drug-likeness (QED) is 0.447. The van der Waals surface area contributed by atoms with Crippen LogP contribution >= 0.6 is 11.6 Å². The summed E-state index contributed by atoms with van der Waals surface area (Å²) in [6.07, 6.45) is 7.02. The number of halogens is 2. The number of nitrogens with zero attached hydrogens (tertiary/aromatic N) is 6. The Hall–Kier alpha value is -3.98. The van der Waals surface area contributed by atoms with Crippen LogP contribution in [0.5, 0.6) is 0 Å². The summed E-state index contributed by atoms with van der Waals surface area (Å²) in [5.41, 5.74) is 2.72. The molecule has 0 bridgehead atoms. The third-order valence-corrected chi connectivity index (χ3v) is 5.83. The second-order valence-corrected chi connectivity index (χ2v) is 8.05. The Labute approximate surface area is 184 Å². The molecule has 0 saturated heterocycles. The fraction of sp³-hybridized carbons (Fsp3) is 0.0909. The molecule has 0 amide bonds. The molecule has 2 aromatic carbocycles. The second kappa shape index (κ2) is 6.76. The number of hydrogen-bond donors (Lipinski definition) is 1. The van der Waals surface area contributed by atoms with E-state index in [0.29, 0.717) is 28.5 Å². The molecule has 6 aromatic rings. The molecule has 10 heteroatoms. The SMILES string of the molecule is Cn1cc(Cn2cc3c(n2)c(=O)n(-c2cccc4[nH]ncc24)c2cc(Cl)c(F)cc32)cn1. The van der Waals surface area contributed by atoms with Crippen molar-refractivity contribution in [3.8, 4) is 5.69 Å². The van der Waals surface area contributed by atoms with Gasteiger partial charge in [0.1, 0.15) is 5.82 Å². The summed E-state index contributed by atoms with van der Waals surface area (Å²) in [5, 5.41) is 17.5. The van der Waals surface area contributed by atoms with E-state index in [9.17, 15) is 9.18 Å². The normalized spacial score (nSPS) is 11.8. The van der Waals surface area contributed by atoms with Crippen LogP contribution in [-0.2, 0) is 13.6 Å². The zero-order chi connectivity index (χ0) is 22.0. The molecule has 4 aromatic heterocycles. The molecule has 8 nitrogen and oxygen atoms in total. The van der Waals surface area contributed by atoms with Gasteiger partial charge >= 0.3 is 0 Å². The first-order valence-electron chi connectivity index (χ1n) is 9.80. The number of aromatic amines is 1. The number of rotatable bonds is 3. The molecule has 0 aliphatic carbocycles. The third-order valence-electron chi connectivity index (χ3n) is 5.54. The van der Waals surface area contributed by atoms with E-state index in [-0.39, 0.29) is 16.1 Å². The molecule has 6 rings (SSSR count). The number of fused-ring (bicyclic) bond motifs is 4. The van der Waals surface area contributed by atoms with Gasteiger partial charge in [-0.3, -0.25) is 23.8 Å². The standard InChI is InChI=1S/C22H15ClFN7O/c1-29-9-12(7-26-29)10-30-11-15-13-5-17(24)16(23)6-20(13)31(22(32)21(15)28-30)19-4-2-3-18-14(19)8-25-27-18/h2-9,11H,10H2,1H3,(H,25,27). The third kappa shape index (κ3) is 2.75. The molecule has 0 spiro atoms. The summed E-state index contributed by atoms with van der Waals surface area (Å²) in [7, 11) is 1.83. The monoisotopic (exact) mass is 447 g/mol. The Kier molecular flexibility index (Phi) is 3.96. The van der Waals surface area contributed by atoms with Crippen molar-refractivity contribution in [2.45, 2.75) is 6.54 Å². The molecule has 0 unspecified atom stereocenters. The Morgan fingerprint density at radius 2 is 2.00 bits per heavy atom. The lowest BCUT2D eigenvalue weighted by Gasteiger charge is -2.12. The average molecular weight is 448 g/mol. The zero-order valence-electron chi connectivity index (χ0n) is 16.8. The van der Waals surface area contributed by atoms with Crippen LogP contribution in [0.25, 0.3) is 38.4 Å². The predicted molar refractivity (Wildman–Crippen MR) is 120 cm³/mol. The van der Waals surface area contributed by atoms with Gasteiger partial charge in [-0.25, -0.2) is 4.39 Å². The van der Waals surface area contributed by atoms with E-state index in [0.717, 1.165) is 16.5 Å². The van der Waals surface area contributed by atoms with Gasteiger partial charge in [-0.15, -0.1) is 0 Å². The Morgan fingerprint density at radius 3 is 2.81 bits per heavy atom. The number of aryl methyl sites for hydroxylation is 1. The Morgan fingerprint density at radius 1 is 1.12 bits per heavy atom. The van der Waals surface area contributed by atoms with Gasteiger partial charge in [0.15, 0.2) is 5.52 Å². The fourth-order valence-electron chi connectivity index (χ4n) is 4.14. The van der Waals surface area contributed by atoms with Crippen molar-refractivity contribution in [3.63, 3.8) is 0 Å². The van der Waals surface area contributed by atoms with Crippen molar-refractivity contribution in [2.24, 2.45) is 7.05 Å². The number of pyridine rings is 1. The largest absolute Gasteiger partial charge is 0.284 e. The van der Waals surface area contributed by atoms with Crippen LogP contribution in [0.2, 0.25) is 5.02 Å². The minimum Gasteiger partial charge on any atom is -0.278 e. The van der Waals surface area contributed by atoms with E-state index in [1.165, 1.54) is 16.7 Å². The van der Waals surface area contributed by atoms with Gasteiger partial charge in [0.05, 0.1) is 40.7 Å². The van der Waals surface area contributed by atoms with E-state index in [1.807, 2.05) is 31.4 Å². The van der Waals surface area contributed by atoms with Crippen molar-refractivity contribution in [1.82, 2.24) is 34.3 Å². The lowest BCUT2D eigenvalue weighted by Crippen LogP contribution is -2.20. The van der Waals surface area contributed by atoms with Crippen molar-refractivity contribution in [3.05, 3.63) is 81.9 Å². The molecule has 1 N–H and O–H groups in total. The Balaban J connectivity index is 1.70. The van der Waals surface area contributed by atoms with Gasteiger partial charge in [0, 0.05) is 41.2 Å². The first-order chi connectivity index (χ1) is 15.5. The molecule has 0 fully saturated rings. The summed E-state index contributed by atoms with van der Waals surface area (Å²) in [6, 6.07) is 8.33. The van der Waals surface area contributed by atoms with Gasteiger partial charge in [-0.2, -0.15) is 15.3 Å². The van der Waals surface area contributed by atoms with Crippen molar-refractivity contribution >= 4 is 44.3 Å². The highest BCUT2D eigenvalue weighted by molar-refractivity contribution is 6.31. The maximum absolute atomic E-state index is 14.5. The molecule has 32 heavy (non-hydrogen) atoms. The highest BCUT2D eigenvalue weighted by Crippen LogP contribution is 2.31. The maximum Gasteiger partial charge on any atom is 0.284 e. The van der Waals surface area contributed by atoms with Gasteiger partial charge in [-0.1, -0.05) is 17.7 Å². The number of hydrogen-bond acceptors (Lipinski definition) is 4. The molecule has 0 saturated carbocycles. The molecule has 4 heterocycles. The smallest absolute Gasteiger partial charge is 0.278 e. The summed E-state index contributed by atoms with van der Waals surface area (Å²) in [5.74, 6) is -0.563. The van der Waals surface area contributed by atoms with E-state index >= 15 is 0 Å². The minimum absolute atomic E-state index is 0.0629. The number of aromatic nitrogens is 7. The summed E-state index contributed by atoms with van der Waals surface area (Å²) in [6.45, 7) is 0.427. The summed E-state index contributed by atoms with van der Waals surface area (Å²) in [4.78, 5) is 13.7. The maximum atomic E-state index is 14.5. The molecular weight excluding hydrogens is 433 g/mol. The van der Waals surface area contributed by atoms with E-state index in [1.54, 1.807) is 28.0 Å². The lowest BCUT2D eigenvalue weighted by molar-refractivity contribution is 0.630. The van der Waals surface area contributed by atoms with Crippen molar-refractivity contribution < 1.29 is 4.39 Å². The van der Waals surface area contributed by atoms with Crippen molar-refractivity contribution in [1.29, 1.82) is 0 Å². The van der Waals surface area contributed by atoms with Gasteiger partial charge in [-0.05, 0) is 24.3 Å². The van der Waals surface area contributed by atoms with Crippen molar-refractivity contribution in [2.75, 3.05) is 0 Å². The van der Waals surface area contributed by atoms with Gasteiger partial charge in [0.2, 0.25) is 0 Å². The predicted octanol–water partition coefficient (Wildman–Crippen LogP) is 3.79. The van der Waals surface area contributed by atoms with Crippen LogP contribution in [0.3, 0.4) is 0 Å². The van der Waals surface area contributed by atoms with Crippen LogP contribution in [0.1, 0.15) is 5.56 Å². The van der Waals surface area contributed by atoms with Crippen LogP contribution in [0.4, 0.5) is 4.39 Å². The summed E-state index contributed by atoms with van der Waals surface area (Å²) >= 11 is 6.12. The summed E-state index contributed by atoms with van der Waals surface area (Å²) < 4.78 is 19.4. The number of nitrogens with one attached hydrogen (secondary N) is 1. The highest BCUT2D eigenvalue weighted by atomic mass is 35.5. The number of benzene rings is 2. The highest BCUT2D eigenvalue weighted by Gasteiger charge is 2.19. The molecule has 0 atom stereocenters. The molecular formula is C22H15ClFN7O. The first kappa shape index (κ1) is 18.8. The zero-order valence-corrected chi connectivity index (χ0v) is 17.5. The van der Waals surface area contributed by atoms with E-state index in [4.69, 9.17) is 11.6 Å². The average Bonchev–Trinajstić information content (AvgIpc) is 3.50. The molecule has 158 valence electrons. The van der Waals surface area contributed by atoms with E-state index < -0.39 is 5.82 Å². The van der Waals surface area contributed by atoms with E-state index in [2.05, 4.69) is 20.4 Å². The molecule has 0 radical (unpaired) electrons. The molecule has 0 aliphatic heterocycles. The first-order valence-corrected chi connectivity index (χ1v) is 10.2. The topological polar surface area (TPSA) is 86.3 Å². The Bertz CT molecular complexity index is 1730. The van der Waals surface area contributed by atoms with Crippen LogP contribution < -0.4 is 5.56 Å². The fourth-order valence-corrected chi connectivity index (χ4v) is 4.29. The second-order valence-electron chi connectivity index (χ2n) is 7.64. The van der Waals surface area contributed by atoms with Gasteiger partial charge in [0.25, 0.3) is 5.56 Å². The van der Waals surface area contributed by atoms with Gasteiger partial charge < -0.3 is 0 Å². The number of H-pyrrole nitrogens is 1. The van der Waals surface area contributed by atoms with Crippen LogP contribution in [0, 0.1) is 5.82 Å². The van der Waals surface area contributed by atoms with Crippen LogP contribution in [-0.4, -0.2) is 34.3 Å². The molecule has 0 aliphatic rings. The van der Waals surface area contributed by atoms with Crippen LogP contribution in [0.15, 0.2) is 59.9 Å². The lowest BCUT2D eigenvalue weighted by atomic mass is 10.1. The minimum atomic E-state index is -0.563.